The first-order chi connectivity index (χ1) is 16.7. The van der Waals surface area contributed by atoms with Crippen molar-refractivity contribution in [3.63, 3.8) is 0 Å². The molecular formula is C27H27ClN6O. The number of aliphatic hydroxyl groups excluding tert-OH is 1. The minimum Gasteiger partial charge on any atom is -0.391 e. The molecule has 2 saturated carbocycles. The van der Waals surface area contributed by atoms with Crippen LogP contribution in [0.2, 0.25) is 0 Å². The topological polar surface area (TPSA) is 99.7 Å². The molecule has 0 saturated heterocycles. The van der Waals surface area contributed by atoms with E-state index in [1.165, 1.54) is 18.4 Å². The van der Waals surface area contributed by atoms with Crippen molar-refractivity contribution in [2.75, 3.05) is 5.32 Å². The highest BCUT2D eigenvalue weighted by Gasteiger charge is 2.27. The van der Waals surface area contributed by atoms with Crippen molar-refractivity contribution >= 4 is 35.1 Å². The van der Waals surface area contributed by atoms with E-state index in [1.807, 2.05) is 6.33 Å². The Hall–Kier alpha value is -3.47. The molecule has 1 aromatic carbocycles. The molecule has 7 nitrogen and oxygen atoms in total. The molecule has 3 heterocycles. The van der Waals surface area contributed by atoms with Crippen LogP contribution in [-0.2, 0) is 0 Å². The van der Waals surface area contributed by atoms with Gasteiger partial charge in [-0.3, -0.25) is 0 Å². The van der Waals surface area contributed by atoms with Crippen molar-refractivity contribution in [1.29, 1.82) is 5.26 Å². The van der Waals surface area contributed by atoms with Gasteiger partial charge in [-0.1, -0.05) is 18.9 Å². The summed E-state index contributed by atoms with van der Waals surface area (Å²) in [5.41, 5.74) is 5.67. The fourth-order valence-corrected chi connectivity index (χ4v) is 4.99. The number of nitriles is 1. The van der Waals surface area contributed by atoms with Crippen molar-refractivity contribution in [3.8, 4) is 17.3 Å². The number of nitrogens with one attached hydrogen (secondary N) is 1. The first kappa shape index (κ1) is 23.3. The summed E-state index contributed by atoms with van der Waals surface area (Å²) in [6, 6.07) is 16.2. The Labute approximate surface area is 210 Å². The van der Waals surface area contributed by atoms with E-state index in [1.54, 1.807) is 18.3 Å². The highest BCUT2D eigenvalue weighted by molar-refractivity contribution is 5.85. The van der Waals surface area contributed by atoms with Gasteiger partial charge < -0.3 is 15.0 Å². The monoisotopic (exact) mass is 486 g/mol. The maximum atomic E-state index is 10.5. The summed E-state index contributed by atoms with van der Waals surface area (Å²) >= 11 is 0. The van der Waals surface area contributed by atoms with Gasteiger partial charge >= 0.3 is 0 Å². The van der Waals surface area contributed by atoms with Gasteiger partial charge in [0.05, 0.1) is 46.8 Å². The summed E-state index contributed by atoms with van der Waals surface area (Å²) in [6.07, 6.45) is 9.62. The molecule has 2 atom stereocenters. The maximum absolute atomic E-state index is 10.5. The first-order valence-electron chi connectivity index (χ1n) is 12.0. The average molecular weight is 487 g/mol. The number of imidazole rings is 1. The summed E-state index contributed by atoms with van der Waals surface area (Å²) in [7, 11) is 0. The Kier molecular flexibility index (Phi) is 6.42. The summed E-state index contributed by atoms with van der Waals surface area (Å²) in [5.74, 6) is 1.89. The van der Waals surface area contributed by atoms with E-state index in [-0.39, 0.29) is 24.6 Å². The summed E-state index contributed by atoms with van der Waals surface area (Å²) in [6.45, 7) is 0. The van der Waals surface area contributed by atoms with Crippen LogP contribution in [0, 0.1) is 11.3 Å². The molecule has 4 aromatic rings. The van der Waals surface area contributed by atoms with Gasteiger partial charge in [-0.25, -0.2) is 15.0 Å². The van der Waals surface area contributed by atoms with Crippen LogP contribution >= 0.6 is 12.4 Å². The summed E-state index contributed by atoms with van der Waals surface area (Å²) < 4.78 is 2.14. The first-order valence-corrected chi connectivity index (χ1v) is 12.0. The Morgan fingerprint density at radius 1 is 0.971 bits per heavy atom. The number of anilines is 2. The number of halogens is 1. The van der Waals surface area contributed by atoms with Gasteiger partial charge in [0.15, 0.2) is 0 Å². The summed E-state index contributed by atoms with van der Waals surface area (Å²) in [4.78, 5) is 13.9. The van der Waals surface area contributed by atoms with E-state index in [9.17, 15) is 10.4 Å². The number of hydrogen-bond acceptors (Lipinski definition) is 6. The highest BCUT2D eigenvalue weighted by Crippen LogP contribution is 2.42. The highest BCUT2D eigenvalue weighted by atomic mass is 35.5. The number of hydrogen-bond donors (Lipinski definition) is 2. The molecule has 8 heteroatoms. The molecule has 2 aliphatic carbocycles. The number of benzene rings is 1. The van der Waals surface area contributed by atoms with Crippen molar-refractivity contribution in [2.24, 2.45) is 0 Å². The number of aromatic nitrogens is 4. The molecule has 0 aliphatic heterocycles. The molecule has 2 aliphatic rings. The van der Waals surface area contributed by atoms with Crippen molar-refractivity contribution in [1.82, 2.24) is 19.5 Å². The number of pyridine rings is 2. The molecule has 35 heavy (non-hydrogen) atoms. The van der Waals surface area contributed by atoms with E-state index < -0.39 is 0 Å². The molecule has 0 amide bonds. The van der Waals surface area contributed by atoms with E-state index in [0.29, 0.717) is 17.3 Å². The number of aliphatic hydroxyl groups is 1. The maximum Gasteiger partial charge on any atom is 0.132 e. The van der Waals surface area contributed by atoms with Crippen LogP contribution in [0.1, 0.15) is 61.6 Å². The van der Waals surface area contributed by atoms with Gasteiger partial charge in [-0.05, 0) is 73.6 Å². The molecule has 2 N–H and O–H groups in total. The number of nitrogens with zero attached hydrogens (tertiary/aromatic N) is 5. The normalized spacial score (nSPS) is 19.7. The molecule has 2 unspecified atom stereocenters. The Balaban J connectivity index is 0.00000253. The second-order valence-electron chi connectivity index (χ2n) is 9.39. The zero-order chi connectivity index (χ0) is 23.1. The SMILES string of the molecule is Cl.N#Cc1ccnc(Nc2cc(C3CC3)cc(-c3ccc4c(c3)ncn4C3CCCCC3O)n2)c1. The molecule has 2 fully saturated rings. The van der Waals surface area contributed by atoms with E-state index in [4.69, 9.17) is 4.98 Å². The Morgan fingerprint density at radius 3 is 2.63 bits per heavy atom. The number of rotatable bonds is 5. The van der Waals surface area contributed by atoms with Crippen LogP contribution in [-0.4, -0.2) is 30.7 Å². The van der Waals surface area contributed by atoms with Gasteiger partial charge in [-0.2, -0.15) is 5.26 Å². The molecular weight excluding hydrogens is 460 g/mol. The standard InChI is InChI=1S/C27H26N6O.ClH/c28-15-17-9-10-29-26(11-17)32-27-14-20(18-5-6-18)13-21(31-27)19-7-8-23-22(12-19)30-16-33(23)24-3-1-2-4-25(24)34;/h7-14,16,18,24-25,34H,1-6H2,(H,29,31,32);1H. The third-order valence-electron chi connectivity index (χ3n) is 6.96. The quantitative estimate of drug-likeness (QED) is 0.365. The van der Waals surface area contributed by atoms with Crippen molar-refractivity contribution in [3.05, 3.63) is 66.1 Å². The third kappa shape index (κ3) is 4.72. The zero-order valence-electron chi connectivity index (χ0n) is 19.3. The van der Waals surface area contributed by atoms with Gasteiger partial charge in [0.2, 0.25) is 0 Å². The zero-order valence-corrected chi connectivity index (χ0v) is 20.1. The van der Waals surface area contributed by atoms with Crippen LogP contribution in [0.5, 0.6) is 0 Å². The van der Waals surface area contributed by atoms with Gasteiger partial charge in [0, 0.05) is 11.8 Å². The van der Waals surface area contributed by atoms with E-state index in [0.717, 1.165) is 53.8 Å². The second-order valence-corrected chi connectivity index (χ2v) is 9.39. The third-order valence-corrected chi connectivity index (χ3v) is 6.96. The van der Waals surface area contributed by atoms with E-state index in [2.05, 4.69) is 56.3 Å². The Morgan fingerprint density at radius 2 is 1.83 bits per heavy atom. The second kappa shape index (κ2) is 9.65. The van der Waals surface area contributed by atoms with Crippen LogP contribution in [0.3, 0.4) is 0 Å². The van der Waals surface area contributed by atoms with Crippen LogP contribution in [0.15, 0.2) is 55.0 Å². The van der Waals surface area contributed by atoms with Crippen LogP contribution < -0.4 is 5.32 Å². The lowest BCUT2D eigenvalue weighted by molar-refractivity contribution is 0.0773. The summed E-state index contributed by atoms with van der Waals surface area (Å²) in [5, 5.41) is 23.0. The minimum atomic E-state index is -0.315. The van der Waals surface area contributed by atoms with Gasteiger partial charge in [-0.15, -0.1) is 12.4 Å². The Bertz CT molecular complexity index is 1410. The largest absolute Gasteiger partial charge is 0.391 e. The fraction of sp³-hybridized carbons (Fsp3) is 0.333. The molecule has 0 spiro atoms. The van der Waals surface area contributed by atoms with Crippen molar-refractivity contribution < 1.29 is 5.11 Å². The molecule has 0 radical (unpaired) electrons. The van der Waals surface area contributed by atoms with Gasteiger partial charge in [0.25, 0.3) is 0 Å². The lowest BCUT2D eigenvalue weighted by atomic mass is 9.92. The minimum absolute atomic E-state index is 0. The van der Waals surface area contributed by atoms with Gasteiger partial charge in [0.1, 0.15) is 11.6 Å². The average Bonchev–Trinajstić information content (AvgIpc) is 3.64. The predicted octanol–water partition coefficient (Wildman–Crippen LogP) is 5.88. The molecule has 6 rings (SSSR count). The van der Waals surface area contributed by atoms with Crippen LogP contribution in [0.25, 0.3) is 22.3 Å². The number of fused-ring (bicyclic) bond motifs is 1. The molecule has 3 aromatic heterocycles. The van der Waals surface area contributed by atoms with Crippen molar-refractivity contribution in [2.45, 2.75) is 56.6 Å². The smallest absolute Gasteiger partial charge is 0.132 e. The lowest BCUT2D eigenvalue weighted by Crippen LogP contribution is -2.27. The fourth-order valence-electron chi connectivity index (χ4n) is 4.99. The molecule has 178 valence electrons. The van der Waals surface area contributed by atoms with E-state index >= 15 is 0 Å². The predicted molar refractivity (Wildman–Crippen MR) is 138 cm³/mol. The lowest BCUT2D eigenvalue weighted by Gasteiger charge is -2.29. The van der Waals surface area contributed by atoms with Crippen LogP contribution in [0.4, 0.5) is 11.6 Å². The molecule has 0 bridgehead atoms.